The molecular formula is C21H21NO7S. The topological polar surface area (TPSA) is 123 Å². The van der Waals surface area contributed by atoms with Crippen molar-refractivity contribution in [1.82, 2.24) is 0 Å². The average Bonchev–Trinajstić information content (AvgIpc) is 3.06. The Morgan fingerprint density at radius 2 is 1.80 bits per heavy atom. The number of sulfonamides is 1. The molecule has 1 heterocycles. The summed E-state index contributed by atoms with van der Waals surface area (Å²) >= 11 is 0. The fourth-order valence-electron chi connectivity index (χ4n) is 3.00. The van der Waals surface area contributed by atoms with Gasteiger partial charge in [-0.05, 0) is 36.4 Å². The lowest BCUT2D eigenvalue weighted by Crippen LogP contribution is -2.16. The minimum Gasteiger partial charge on any atom is -0.478 e. The zero-order valence-electron chi connectivity index (χ0n) is 16.8. The van der Waals surface area contributed by atoms with E-state index in [1.807, 2.05) is 20.8 Å². The number of carboxylic acid groups (broad SMARTS) is 1. The van der Waals surface area contributed by atoms with Crippen LogP contribution in [0.1, 0.15) is 47.2 Å². The van der Waals surface area contributed by atoms with Crippen molar-refractivity contribution < 1.29 is 32.3 Å². The van der Waals surface area contributed by atoms with Gasteiger partial charge in [-0.1, -0.05) is 26.8 Å². The van der Waals surface area contributed by atoms with Crippen LogP contribution in [0.25, 0.3) is 11.0 Å². The third-order valence-corrected chi connectivity index (χ3v) is 5.78. The third kappa shape index (κ3) is 4.02. The Balaban J connectivity index is 2.08. The Morgan fingerprint density at radius 1 is 1.10 bits per heavy atom. The number of carbonyl (C=O) groups excluding carboxylic acids is 1. The molecular weight excluding hydrogens is 410 g/mol. The molecule has 0 fully saturated rings. The van der Waals surface area contributed by atoms with Crippen molar-refractivity contribution in [3.8, 4) is 0 Å². The van der Waals surface area contributed by atoms with E-state index < -0.39 is 27.4 Å². The largest absolute Gasteiger partial charge is 0.478 e. The quantitative estimate of drug-likeness (QED) is 0.585. The van der Waals surface area contributed by atoms with Gasteiger partial charge in [-0.15, -0.1) is 0 Å². The van der Waals surface area contributed by atoms with Gasteiger partial charge in [0.2, 0.25) is 0 Å². The number of nitrogens with one attached hydrogen (secondary N) is 1. The molecule has 0 atom stereocenters. The number of carbonyl (C=O) groups is 2. The predicted molar refractivity (Wildman–Crippen MR) is 110 cm³/mol. The highest BCUT2D eigenvalue weighted by Gasteiger charge is 2.30. The van der Waals surface area contributed by atoms with Crippen molar-refractivity contribution in [2.24, 2.45) is 0 Å². The standard InChI is InChI=1S/C21H21NO7S/c1-21(2,3)18-17(20(25)28-4)15-11-13(8-9-16(15)29-18)22-30(26,27)14-7-5-6-12(10-14)19(23)24/h5-11,22H,1-4H3,(H,23,24). The molecule has 30 heavy (non-hydrogen) atoms. The first-order chi connectivity index (χ1) is 13.9. The molecule has 2 aromatic carbocycles. The van der Waals surface area contributed by atoms with Crippen molar-refractivity contribution in [1.29, 1.82) is 0 Å². The molecule has 3 aromatic rings. The molecule has 0 unspecified atom stereocenters. The monoisotopic (exact) mass is 431 g/mol. The zero-order chi connectivity index (χ0) is 22.3. The van der Waals surface area contributed by atoms with Crippen LogP contribution in [0, 0.1) is 0 Å². The van der Waals surface area contributed by atoms with Crippen molar-refractivity contribution in [3.05, 3.63) is 59.4 Å². The second-order valence-corrected chi connectivity index (χ2v) is 9.38. The van der Waals surface area contributed by atoms with Gasteiger partial charge in [0.25, 0.3) is 10.0 Å². The number of anilines is 1. The van der Waals surface area contributed by atoms with Crippen molar-refractivity contribution in [2.75, 3.05) is 11.8 Å². The number of hydrogen-bond donors (Lipinski definition) is 2. The van der Waals surface area contributed by atoms with Gasteiger partial charge in [0.1, 0.15) is 16.9 Å². The van der Waals surface area contributed by atoms with Crippen LogP contribution in [-0.4, -0.2) is 32.6 Å². The number of fused-ring (bicyclic) bond motifs is 1. The summed E-state index contributed by atoms with van der Waals surface area (Å²) in [5.74, 6) is -1.39. The highest BCUT2D eigenvalue weighted by molar-refractivity contribution is 7.92. The van der Waals surface area contributed by atoms with Crippen LogP contribution >= 0.6 is 0 Å². The molecule has 0 aliphatic carbocycles. The van der Waals surface area contributed by atoms with E-state index >= 15 is 0 Å². The van der Waals surface area contributed by atoms with Crippen molar-refractivity contribution in [3.63, 3.8) is 0 Å². The number of ether oxygens (including phenoxy) is 1. The van der Waals surface area contributed by atoms with Gasteiger partial charge in [-0.2, -0.15) is 0 Å². The maximum atomic E-state index is 12.7. The number of benzene rings is 2. The first kappa shape index (κ1) is 21.4. The van der Waals surface area contributed by atoms with Gasteiger partial charge in [-0.25, -0.2) is 18.0 Å². The Morgan fingerprint density at radius 3 is 2.40 bits per heavy atom. The molecule has 9 heteroatoms. The van der Waals surface area contributed by atoms with Gasteiger partial charge in [0.05, 0.1) is 17.6 Å². The van der Waals surface area contributed by atoms with Crippen LogP contribution in [0.5, 0.6) is 0 Å². The molecule has 0 spiro atoms. The lowest BCUT2D eigenvalue weighted by molar-refractivity contribution is 0.0597. The Bertz CT molecular complexity index is 1250. The van der Waals surface area contributed by atoms with Crippen molar-refractivity contribution in [2.45, 2.75) is 31.1 Å². The first-order valence-corrected chi connectivity index (χ1v) is 10.4. The third-order valence-electron chi connectivity index (χ3n) is 4.40. The fraction of sp³-hybridized carbons (Fsp3) is 0.238. The molecule has 0 bridgehead atoms. The smallest absolute Gasteiger partial charge is 0.342 e. The van der Waals surface area contributed by atoms with Crippen LogP contribution in [0.3, 0.4) is 0 Å². The Labute approximate surface area is 173 Å². The SMILES string of the molecule is COC(=O)c1c(C(C)(C)C)oc2ccc(NS(=O)(=O)c3cccc(C(=O)O)c3)cc12. The number of methoxy groups -OCH3 is 1. The minimum absolute atomic E-state index is 0.147. The van der Waals surface area contributed by atoms with E-state index in [0.717, 1.165) is 6.07 Å². The Hall–Kier alpha value is -3.33. The molecule has 3 rings (SSSR count). The second kappa shape index (κ2) is 7.49. The molecule has 0 aliphatic rings. The molecule has 8 nitrogen and oxygen atoms in total. The van der Waals surface area contributed by atoms with Gasteiger partial charge in [0.15, 0.2) is 0 Å². The number of furan rings is 1. The number of hydrogen-bond acceptors (Lipinski definition) is 6. The molecule has 0 aliphatic heterocycles. The van der Waals surface area contributed by atoms with E-state index in [4.69, 9.17) is 14.3 Å². The van der Waals surface area contributed by atoms with E-state index in [1.165, 1.54) is 37.4 Å². The molecule has 0 amide bonds. The van der Waals surface area contributed by atoms with E-state index in [2.05, 4.69) is 4.72 Å². The summed E-state index contributed by atoms with van der Waals surface area (Å²) in [7, 11) is -2.80. The molecule has 2 N–H and O–H groups in total. The summed E-state index contributed by atoms with van der Waals surface area (Å²) in [5, 5.41) is 9.50. The number of rotatable bonds is 5. The number of esters is 1. The highest BCUT2D eigenvalue weighted by Crippen LogP contribution is 2.36. The van der Waals surface area contributed by atoms with E-state index in [0.29, 0.717) is 16.7 Å². The zero-order valence-corrected chi connectivity index (χ0v) is 17.7. The summed E-state index contributed by atoms with van der Waals surface area (Å²) in [6.07, 6.45) is 0. The summed E-state index contributed by atoms with van der Waals surface area (Å²) in [5.41, 5.74) is 0.199. The van der Waals surface area contributed by atoms with Gasteiger partial charge in [0, 0.05) is 16.5 Å². The maximum Gasteiger partial charge on any atom is 0.342 e. The van der Waals surface area contributed by atoms with Gasteiger partial charge >= 0.3 is 11.9 Å². The maximum absolute atomic E-state index is 12.7. The van der Waals surface area contributed by atoms with E-state index in [-0.39, 0.29) is 21.7 Å². The van der Waals surface area contributed by atoms with E-state index in [9.17, 15) is 18.0 Å². The average molecular weight is 431 g/mol. The van der Waals surface area contributed by atoms with Crippen LogP contribution < -0.4 is 4.72 Å². The normalized spacial score (nSPS) is 12.0. The van der Waals surface area contributed by atoms with Crippen LogP contribution in [-0.2, 0) is 20.2 Å². The lowest BCUT2D eigenvalue weighted by atomic mass is 9.89. The lowest BCUT2D eigenvalue weighted by Gasteiger charge is -2.16. The van der Waals surface area contributed by atoms with E-state index in [1.54, 1.807) is 6.07 Å². The summed E-state index contributed by atoms with van der Waals surface area (Å²) in [6, 6.07) is 9.55. The second-order valence-electron chi connectivity index (χ2n) is 7.70. The molecule has 0 saturated carbocycles. The number of carboxylic acids is 1. The predicted octanol–water partition coefficient (Wildman–Crippen LogP) is 4.02. The van der Waals surface area contributed by atoms with Crippen LogP contribution in [0.4, 0.5) is 5.69 Å². The summed E-state index contributed by atoms with van der Waals surface area (Å²) in [4.78, 5) is 23.3. The molecule has 0 saturated heterocycles. The fourth-order valence-corrected chi connectivity index (χ4v) is 4.10. The summed E-state index contributed by atoms with van der Waals surface area (Å²) < 4.78 is 38.6. The highest BCUT2D eigenvalue weighted by atomic mass is 32.2. The minimum atomic E-state index is -4.06. The van der Waals surface area contributed by atoms with Gasteiger partial charge < -0.3 is 14.3 Å². The molecule has 1 aromatic heterocycles. The van der Waals surface area contributed by atoms with Crippen molar-refractivity contribution >= 4 is 38.6 Å². The molecule has 0 radical (unpaired) electrons. The molecule has 158 valence electrons. The first-order valence-electron chi connectivity index (χ1n) is 8.95. The summed E-state index contributed by atoms with van der Waals surface area (Å²) in [6.45, 7) is 5.66. The Kier molecular flexibility index (Phi) is 5.34. The number of aromatic carboxylic acids is 1. The van der Waals surface area contributed by atoms with Crippen LogP contribution in [0.2, 0.25) is 0 Å². The van der Waals surface area contributed by atoms with Gasteiger partial charge in [-0.3, -0.25) is 4.72 Å². The van der Waals surface area contributed by atoms with Crippen LogP contribution in [0.15, 0.2) is 51.8 Å².